The van der Waals surface area contributed by atoms with Gasteiger partial charge in [0.1, 0.15) is 23.4 Å². The summed E-state index contributed by atoms with van der Waals surface area (Å²) in [6.07, 6.45) is 0.0802. The van der Waals surface area contributed by atoms with Crippen LogP contribution in [0.5, 0.6) is 17.2 Å². The molecule has 0 aromatic heterocycles. The molecule has 1 aromatic carbocycles. The lowest BCUT2D eigenvalue weighted by molar-refractivity contribution is 0.168. The lowest BCUT2D eigenvalue weighted by Crippen LogP contribution is -2.17. The van der Waals surface area contributed by atoms with Crippen molar-refractivity contribution < 1.29 is 19.3 Å². The number of hydrogen-bond acceptors (Lipinski definition) is 4. The van der Waals surface area contributed by atoms with Crippen molar-refractivity contribution in [1.29, 1.82) is 0 Å². The Balaban J connectivity index is 2.48. The maximum Gasteiger partial charge on any atom is 0.179 e. The van der Waals surface area contributed by atoms with Crippen LogP contribution < -0.4 is 14.2 Å². The van der Waals surface area contributed by atoms with Gasteiger partial charge in [-0.3, -0.25) is 0 Å². The Bertz CT molecular complexity index is 417. The van der Waals surface area contributed by atoms with Crippen molar-refractivity contribution in [3.63, 3.8) is 0 Å². The van der Waals surface area contributed by atoms with Gasteiger partial charge in [-0.2, -0.15) is 0 Å². The van der Waals surface area contributed by atoms with Crippen LogP contribution in [0, 0.1) is 0 Å². The van der Waals surface area contributed by atoms with Gasteiger partial charge in [0.05, 0.1) is 13.2 Å². The molecule has 1 aliphatic rings. The summed E-state index contributed by atoms with van der Waals surface area (Å²) in [5, 5.41) is 9.48. The van der Waals surface area contributed by atoms with E-state index >= 15 is 0 Å². The fraction of sp³-hybridized carbons (Fsp3) is 0.500. The Labute approximate surface area is 109 Å². The molecule has 1 aromatic rings. The van der Waals surface area contributed by atoms with E-state index in [1.165, 1.54) is 0 Å². The van der Waals surface area contributed by atoms with Gasteiger partial charge >= 0.3 is 0 Å². The quantitative estimate of drug-likeness (QED) is 0.929. The molecule has 1 N–H and O–H groups in total. The standard InChI is InChI=1S/C12H15BrO4/c1-7(14)5-8-6-9-12(17-4-3-16-9)10(13)11(8)15-2/h6-7,14H,3-5H2,1-2H3. The maximum atomic E-state index is 9.48. The van der Waals surface area contributed by atoms with Crippen molar-refractivity contribution in [1.82, 2.24) is 0 Å². The van der Waals surface area contributed by atoms with Gasteiger partial charge in [0.2, 0.25) is 0 Å². The van der Waals surface area contributed by atoms with E-state index in [1.807, 2.05) is 6.07 Å². The van der Waals surface area contributed by atoms with Gasteiger partial charge in [0.25, 0.3) is 0 Å². The summed E-state index contributed by atoms with van der Waals surface area (Å²) in [5.41, 5.74) is 0.902. The van der Waals surface area contributed by atoms with Crippen LogP contribution in [0.1, 0.15) is 12.5 Å². The molecule has 1 unspecified atom stereocenters. The minimum atomic E-state index is -0.432. The number of halogens is 1. The lowest BCUT2D eigenvalue weighted by Gasteiger charge is -2.23. The normalized spacial score (nSPS) is 15.5. The van der Waals surface area contributed by atoms with Crippen molar-refractivity contribution in [2.45, 2.75) is 19.4 Å². The molecular formula is C12H15BrO4. The van der Waals surface area contributed by atoms with Gasteiger partial charge in [0.15, 0.2) is 11.5 Å². The van der Waals surface area contributed by atoms with Gasteiger partial charge in [-0.05, 0) is 28.9 Å². The average Bonchev–Trinajstić information content (AvgIpc) is 2.29. The lowest BCUT2D eigenvalue weighted by atomic mass is 10.1. The number of ether oxygens (including phenoxy) is 3. The van der Waals surface area contributed by atoms with Crippen molar-refractivity contribution in [2.75, 3.05) is 20.3 Å². The van der Waals surface area contributed by atoms with E-state index in [1.54, 1.807) is 14.0 Å². The van der Waals surface area contributed by atoms with Crippen LogP contribution in [0.15, 0.2) is 10.5 Å². The van der Waals surface area contributed by atoms with Gasteiger partial charge < -0.3 is 19.3 Å². The number of aliphatic hydroxyl groups excluding tert-OH is 1. The zero-order chi connectivity index (χ0) is 12.4. The fourth-order valence-corrected chi connectivity index (χ4v) is 2.60. The molecule has 0 bridgehead atoms. The van der Waals surface area contributed by atoms with Gasteiger partial charge in [-0.25, -0.2) is 0 Å². The number of fused-ring (bicyclic) bond motifs is 1. The molecule has 5 heteroatoms. The average molecular weight is 303 g/mol. The van der Waals surface area contributed by atoms with E-state index in [2.05, 4.69) is 15.9 Å². The minimum absolute atomic E-state index is 0.432. The molecule has 0 spiro atoms. The number of benzene rings is 1. The summed E-state index contributed by atoms with van der Waals surface area (Å²) in [6.45, 7) is 2.81. The highest BCUT2D eigenvalue weighted by molar-refractivity contribution is 9.10. The van der Waals surface area contributed by atoms with E-state index in [0.717, 1.165) is 10.0 Å². The Morgan fingerprint density at radius 2 is 2.18 bits per heavy atom. The monoisotopic (exact) mass is 302 g/mol. The molecule has 0 amide bonds. The minimum Gasteiger partial charge on any atom is -0.495 e. The Morgan fingerprint density at radius 3 is 2.82 bits per heavy atom. The summed E-state index contributed by atoms with van der Waals surface area (Å²) < 4.78 is 17.2. The summed E-state index contributed by atoms with van der Waals surface area (Å²) >= 11 is 3.46. The molecule has 4 nitrogen and oxygen atoms in total. The highest BCUT2D eigenvalue weighted by Gasteiger charge is 2.22. The van der Waals surface area contributed by atoms with Crippen LogP contribution in [0.3, 0.4) is 0 Å². The number of rotatable bonds is 3. The Morgan fingerprint density at radius 1 is 1.47 bits per heavy atom. The smallest absolute Gasteiger partial charge is 0.179 e. The molecule has 94 valence electrons. The molecule has 0 fully saturated rings. The predicted molar refractivity (Wildman–Crippen MR) is 67.1 cm³/mol. The Kier molecular flexibility index (Phi) is 3.79. The second-order valence-electron chi connectivity index (χ2n) is 3.96. The van der Waals surface area contributed by atoms with Gasteiger partial charge in [-0.15, -0.1) is 0 Å². The molecule has 1 heterocycles. The van der Waals surface area contributed by atoms with Gasteiger partial charge in [0, 0.05) is 12.0 Å². The van der Waals surface area contributed by atoms with Crippen LogP contribution in [-0.2, 0) is 6.42 Å². The third-order valence-electron chi connectivity index (χ3n) is 2.53. The van der Waals surface area contributed by atoms with Crippen LogP contribution in [-0.4, -0.2) is 31.5 Å². The molecule has 0 saturated heterocycles. The highest BCUT2D eigenvalue weighted by atomic mass is 79.9. The molecule has 2 rings (SSSR count). The van der Waals surface area contributed by atoms with Crippen LogP contribution in [0.2, 0.25) is 0 Å². The second kappa shape index (κ2) is 5.14. The molecule has 0 radical (unpaired) electrons. The summed E-state index contributed by atoms with van der Waals surface area (Å²) in [6, 6.07) is 1.87. The Hall–Kier alpha value is -0.940. The first-order chi connectivity index (χ1) is 8.13. The fourth-order valence-electron chi connectivity index (χ4n) is 1.87. The maximum absolute atomic E-state index is 9.48. The SMILES string of the molecule is COc1c(CC(C)O)cc2c(c1Br)OCCO2. The molecule has 0 saturated carbocycles. The van der Waals surface area contributed by atoms with E-state index < -0.39 is 6.10 Å². The van der Waals surface area contributed by atoms with Crippen molar-refractivity contribution >= 4 is 15.9 Å². The number of methoxy groups -OCH3 is 1. The number of aliphatic hydroxyl groups is 1. The molecule has 1 aliphatic heterocycles. The zero-order valence-electron chi connectivity index (χ0n) is 9.83. The van der Waals surface area contributed by atoms with E-state index in [4.69, 9.17) is 14.2 Å². The van der Waals surface area contributed by atoms with Crippen molar-refractivity contribution in [3.05, 3.63) is 16.1 Å². The first kappa shape index (κ1) is 12.5. The third kappa shape index (κ3) is 2.50. The third-order valence-corrected chi connectivity index (χ3v) is 3.25. The summed E-state index contributed by atoms with van der Waals surface area (Å²) in [7, 11) is 1.60. The van der Waals surface area contributed by atoms with E-state index in [-0.39, 0.29) is 0 Å². The van der Waals surface area contributed by atoms with Crippen LogP contribution in [0.4, 0.5) is 0 Å². The molecule has 17 heavy (non-hydrogen) atoms. The molecular weight excluding hydrogens is 288 g/mol. The highest BCUT2D eigenvalue weighted by Crippen LogP contribution is 2.45. The van der Waals surface area contributed by atoms with E-state index in [0.29, 0.717) is 36.9 Å². The first-order valence-electron chi connectivity index (χ1n) is 5.46. The zero-order valence-corrected chi connectivity index (χ0v) is 11.4. The van der Waals surface area contributed by atoms with Crippen LogP contribution >= 0.6 is 15.9 Å². The number of hydrogen-bond donors (Lipinski definition) is 1. The van der Waals surface area contributed by atoms with E-state index in [9.17, 15) is 5.11 Å². The van der Waals surface area contributed by atoms with Gasteiger partial charge in [-0.1, -0.05) is 0 Å². The molecule has 1 atom stereocenters. The summed E-state index contributed by atoms with van der Waals surface area (Å²) in [4.78, 5) is 0. The topological polar surface area (TPSA) is 47.9 Å². The first-order valence-corrected chi connectivity index (χ1v) is 6.25. The molecule has 0 aliphatic carbocycles. The summed E-state index contributed by atoms with van der Waals surface area (Å²) in [5.74, 6) is 2.05. The van der Waals surface area contributed by atoms with Crippen molar-refractivity contribution in [3.8, 4) is 17.2 Å². The van der Waals surface area contributed by atoms with Crippen LogP contribution in [0.25, 0.3) is 0 Å². The predicted octanol–water partition coefficient (Wildman–Crippen LogP) is 2.15. The second-order valence-corrected chi connectivity index (χ2v) is 4.75. The van der Waals surface area contributed by atoms with Crippen molar-refractivity contribution in [2.24, 2.45) is 0 Å². The largest absolute Gasteiger partial charge is 0.495 e.